The first kappa shape index (κ1) is 23.5. The van der Waals surface area contributed by atoms with Crippen LogP contribution in [0.3, 0.4) is 0 Å². The third-order valence-electron chi connectivity index (χ3n) is 4.57. The molecule has 1 aromatic rings. The minimum Gasteiger partial charge on any atom is -0.383 e. The predicted molar refractivity (Wildman–Crippen MR) is 119 cm³/mol. The van der Waals surface area contributed by atoms with Gasteiger partial charge in [-0.25, -0.2) is 0 Å². The van der Waals surface area contributed by atoms with Crippen LogP contribution in [0.5, 0.6) is 0 Å². The average molecular weight is 496 g/mol. The van der Waals surface area contributed by atoms with E-state index in [0.717, 1.165) is 43.6 Å². The number of guanidine groups is 1. The zero-order valence-electron chi connectivity index (χ0n) is 15.9. The lowest BCUT2D eigenvalue weighted by atomic mass is 9.74. The SMILES string of the molecule is CCNC(=NCC1(c2cccc(Cl)c2)CCOCC1)NC(C)COC.I. The van der Waals surface area contributed by atoms with E-state index in [9.17, 15) is 0 Å². The summed E-state index contributed by atoms with van der Waals surface area (Å²) in [5.41, 5.74) is 1.21. The molecule has 1 aliphatic rings. The minimum absolute atomic E-state index is 0. The van der Waals surface area contributed by atoms with Crippen LogP contribution in [0.2, 0.25) is 5.02 Å². The monoisotopic (exact) mass is 495 g/mol. The normalized spacial score (nSPS) is 17.9. The first-order valence-corrected chi connectivity index (χ1v) is 9.35. The van der Waals surface area contributed by atoms with Crippen molar-refractivity contribution in [3.8, 4) is 0 Å². The molecule has 1 heterocycles. The van der Waals surface area contributed by atoms with E-state index >= 15 is 0 Å². The number of hydrogen-bond donors (Lipinski definition) is 2. The number of aliphatic imine (C=N–C) groups is 1. The van der Waals surface area contributed by atoms with Gasteiger partial charge in [-0.1, -0.05) is 23.7 Å². The number of benzene rings is 1. The summed E-state index contributed by atoms with van der Waals surface area (Å²) in [5.74, 6) is 0.819. The summed E-state index contributed by atoms with van der Waals surface area (Å²) in [6.07, 6.45) is 1.90. The molecule has 5 nitrogen and oxygen atoms in total. The van der Waals surface area contributed by atoms with Crippen LogP contribution in [-0.2, 0) is 14.9 Å². The summed E-state index contributed by atoms with van der Waals surface area (Å²) in [6.45, 7) is 7.82. The lowest BCUT2D eigenvalue weighted by Gasteiger charge is -2.37. The van der Waals surface area contributed by atoms with Gasteiger partial charge in [-0.3, -0.25) is 4.99 Å². The molecular formula is C19H31ClIN3O2. The molecule has 1 fully saturated rings. The molecule has 1 aliphatic heterocycles. The van der Waals surface area contributed by atoms with Gasteiger partial charge >= 0.3 is 0 Å². The summed E-state index contributed by atoms with van der Waals surface area (Å²) >= 11 is 6.24. The summed E-state index contributed by atoms with van der Waals surface area (Å²) < 4.78 is 10.8. The molecule has 26 heavy (non-hydrogen) atoms. The molecule has 0 amide bonds. The Kier molecular flexibility index (Phi) is 10.8. The molecule has 2 N–H and O–H groups in total. The molecule has 1 atom stereocenters. The third-order valence-corrected chi connectivity index (χ3v) is 4.81. The van der Waals surface area contributed by atoms with Crippen molar-refractivity contribution >= 4 is 41.5 Å². The van der Waals surface area contributed by atoms with Crippen molar-refractivity contribution in [3.63, 3.8) is 0 Å². The Morgan fingerprint density at radius 3 is 2.73 bits per heavy atom. The highest BCUT2D eigenvalue weighted by Crippen LogP contribution is 2.36. The standard InChI is InChI=1S/C19H30ClN3O2.HI/c1-4-21-18(23-15(2)13-24-3)22-14-19(8-10-25-11-9-19)16-6-5-7-17(20)12-16;/h5-7,12,15H,4,8-11,13-14H2,1-3H3,(H2,21,22,23);1H. The van der Waals surface area contributed by atoms with Crippen molar-refractivity contribution in [2.75, 3.05) is 40.0 Å². The number of hydrogen-bond acceptors (Lipinski definition) is 3. The van der Waals surface area contributed by atoms with Gasteiger partial charge in [0.05, 0.1) is 13.2 Å². The van der Waals surface area contributed by atoms with E-state index in [4.69, 9.17) is 26.1 Å². The Bertz CT molecular complexity index is 565. The highest BCUT2D eigenvalue weighted by molar-refractivity contribution is 14.0. The van der Waals surface area contributed by atoms with Gasteiger partial charge in [0.1, 0.15) is 0 Å². The van der Waals surface area contributed by atoms with Crippen LogP contribution in [0.1, 0.15) is 32.3 Å². The van der Waals surface area contributed by atoms with Crippen molar-refractivity contribution in [1.82, 2.24) is 10.6 Å². The van der Waals surface area contributed by atoms with E-state index in [1.165, 1.54) is 5.56 Å². The van der Waals surface area contributed by atoms with Crippen LogP contribution in [0.15, 0.2) is 29.3 Å². The topological polar surface area (TPSA) is 54.9 Å². The van der Waals surface area contributed by atoms with Crippen LogP contribution in [0.4, 0.5) is 0 Å². The number of halogens is 2. The Hall–Kier alpha value is -0.570. The average Bonchev–Trinajstić information content (AvgIpc) is 2.61. The van der Waals surface area contributed by atoms with Gasteiger partial charge in [0.25, 0.3) is 0 Å². The van der Waals surface area contributed by atoms with Gasteiger partial charge in [0.2, 0.25) is 0 Å². The number of nitrogens with zero attached hydrogens (tertiary/aromatic N) is 1. The second-order valence-corrected chi connectivity index (χ2v) is 7.04. The highest BCUT2D eigenvalue weighted by atomic mass is 127. The van der Waals surface area contributed by atoms with Crippen LogP contribution < -0.4 is 10.6 Å². The number of rotatable bonds is 7. The fourth-order valence-electron chi connectivity index (χ4n) is 3.19. The number of nitrogens with one attached hydrogen (secondary N) is 2. The van der Waals surface area contributed by atoms with Gasteiger partial charge in [-0.05, 0) is 44.4 Å². The molecule has 0 saturated carbocycles. The van der Waals surface area contributed by atoms with Gasteiger partial charge < -0.3 is 20.1 Å². The summed E-state index contributed by atoms with van der Waals surface area (Å²) in [4.78, 5) is 4.88. The Morgan fingerprint density at radius 2 is 2.12 bits per heavy atom. The van der Waals surface area contributed by atoms with Crippen LogP contribution in [0.25, 0.3) is 0 Å². The van der Waals surface area contributed by atoms with E-state index in [1.54, 1.807) is 7.11 Å². The summed E-state index contributed by atoms with van der Waals surface area (Å²) in [6, 6.07) is 8.35. The molecule has 0 radical (unpaired) electrons. The number of ether oxygens (including phenoxy) is 2. The lowest BCUT2D eigenvalue weighted by molar-refractivity contribution is 0.0531. The molecule has 2 rings (SSSR count). The second-order valence-electron chi connectivity index (χ2n) is 6.60. The maximum atomic E-state index is 6.24. The van der Waals surface area contributed by atoms with Crippen LogP contribution in [0, 0.1) is 0 Å². The van der Waals surface area contributed by atoms with E-state index in [2.05, 4.69) is 36.6 Å². The maximum Gasteiger partial charge on any atom is 0.191 e. The summed E-state index contributed by atoms with van der Waals surface area (Å²) in [7, 11) is 1.71. The van der Waals surface area contributed by atoms with Gasteiger partial charge in [-0.15, -0.1) is 24.0 Å². The van der Waals surface area contributed by atoms with E-state index in [1.807, 2.05) is 12.1 Å². The van der Waals surface area contributed by atoms with E-state index < -0.39 is 0 Å². The van der Waals surface area contributed by atoms with Crippen molar-refractivity contribution in [3.05, 3.63) is 34.9 Å². The minimum atomic E-state index is -0.0318. The molecule has 1 saturated heterocycles. The lowest BCUT2D eigenvalue weighted by Crippen LogP contribution is -2.45. The molecule has 0 aromatic heterocycles. The second kappa shape index (κ2) is 12.0. The highest BCUT2D eigenvalue weighted by Gasteiger charge is 2.34. The zero-order valence-corrected chi connectivity index (χ0v) is 19.0. The first-order chi connectivity index (χ1) is 12.1. The molecule has 1 unspecified atom stereocenters. The molecule has 1 aromatic carbocycles. The Balaban J connectivity index is 0.00000338. The maximum absolute atomic E-state index is 6.24. The molecular weight excluding hydrogens is 465 g/mol. The molecule has 148 valence electrons. The molecule has 0 aliphatic carbocycles. The zero-order chi connectivity index (χ0) is 18.1. The summed E-state index contributed by atoms with van der Waals surface area (Å²) in [5, 5.41) is 7.48. The van der Waals surface area contributed by atoms with E-state index in [-0.39, 0.29) is 35.4 Å². The van der Waals surface area contributed by atoms with Gasteiger partial charge in [0, 0.05) is 43.3 Å². The molecule has 0 bridgehead atoms. The van der Waals surface area contributed by atoms with Crippen LogP contribution >= 0.6 is 35.6 Å². The largest absolute Gasteiger partial charge is 0.383 e. The quantitative estimate of drug-likeness (QED) is 0.345. The Morgan fingerprint density at radius 1 is 1.38 bits per heavy atom. The van der Waals surface area contributed by atoms with Gasteiger partial charge in [-0.2, -0.15) is 0 Å². The fraction of sp³-hybridized carbons (Fsp3) is 0.632. The smallest absolute Gasteiger partial charge is 0.191 e. The Labute approximate surface area is 179 Å². The fourth-order valence-corrected chi connectivity index (χ4v) is 3.38. The third kappa shape index (κ3) is 6.87. The first-order valence-electron chi connectivity index (χ1n) is 8.97. The van der Waals surface area contributed by atoms with Crippen molar-refractivity contribution in [2.45, 2.75) is 38.1 Å². The molecule has 0 spiro atoms. The molecule has 7 heteroatoms. The number of methoxy groups -OCH3 is 1. The van der Waals surface area contributed by atoms with Crippen molar-refractivity contribution < 1.29 is 9.47 Å². The van der Waals surface area contributed by atoms with E-state index in [0.29, 0.717) is 13.2 Å². The van der Waals surface area contributed by atoms with Crippen molar-refractivity contribution in [2.24, 2.45) is 4.99 Å². The van der Waals surface area contributed by atoms with Crippen molar-refractivity contribution in [1.29, 1.82) is 0 Å². The van der Waals surface area contributed by atoms with Gasteiger partial charge in [0.15, 0.2) is 5.96 Å². The van der Waals surface area contributed by atoms with Crippen LogP contribution in [-0.4, -0.2) is 52.0 Å². The predicted octanol–water partition coefficient (Wildman–Crippen LogP) is 3.60.